The van der Waals surface area contributed by atoms with Crippen LogP contribution in [0.5, 0.6) is 0 Å². The Morgan fingerprint density at radius 3 is 2.04 bits per heavy atom. The first kappa shape index (κ1) is 19.3. The lowest BCUT2D eigenvalue weighted by Crippen LogP contribution is -2.17. The molecule has 0 spiro atoms. The maximum absolute atomic E-state index is 12.6. The second-order valence-electron chi connectivity index (χ2n) is 6.39. The largest absolute Gasteiger partial charge is 0.454 e. The summed E-state index contributed by atoms with van der Waals surface area (Å²) in [5.41, 5.74) is 4.81. The van der Waals surface area contributed by atoms with Crippen LogP contribution in [-0.2, 0) is 4.74 Å². The van der Waals surface area contributed by atoms with Crippen molar-refractivity contribution in [3.8, 4) is 0 Å². The highest BCUT2D eigenvalue weighted by molar-refractivity contribution is 6.02. The second kappa shape index (κ2) is 7.47. The Kier molecular flexibility index (Phi) is 5.55. The number of hydrogen-bond acceptors (Lipinski definition) is 5. The van der Waals surface area contributed by atoms with E-state index < -0.39 is 10.9 Å². The van der Waals surface area contributed by atoms with Gasteiger partial charge in [0.1, 0.15) is 0 Å². The van der Waals surface area contributed by atoms with Crippen LogP contribution < -0.4 is 0 Å². The van der Waals surface area contributed by atoms with Crippen molar-refractivity contribution in [3.63, 3.8) is 0 Å². The van der Waals surface area contributed by atoms with Crippen LogP contribution in [0.2, 0.25) is 0 Å². The van der Waals surface area contributed by atoms with Gasteiger partial charge >= 0.3 is 5.97 Å². The molecule has 0 fully saturated rings. The molecular formula is C20H21NO5. The molecule has 0 aliphatic carbocycles. The number of Topliss-reactive ketones (excluding diaryl/α,β-unsaturated/α-hetero) is 1. The van der Waals surface area contributed by atoms with Gasteiger partial charge in [0, 0.05) is 17.2 Å². The van der Waals surface area contributed by atoms with Crippen LogP contribution >= 0.6 is 0 Å². The highest BCUT2D eigenvalue weighted by Gasteiger charge is 2.19. The summed E-state index contributed by atoms with van der Waals surface area (Å²) in [4.78, 5) is 35.1. The average molecular weight is 355 g/mol. The Bertz CT molecular complexity index is 889. The number of aryl methyl sites for hydroxylation is 3. The zero-order valence-corrected chi connectivity index (χ0v) is 15.5. The predicted molar refractivity (Wildman–Crippen MR) is 97.8 cm³/mol. The number of nitrogens with zero attached hydrogens (tertiary/aromatic N) is 1. The van der Waals surface area contributed by atoms with E-state index in [1.165, 1.54) is 18.2 Å². The van der Waals surface area contributed by atoms with Crippen molar-refractivity contribution in [3.05, 3.63) is 73.3 Å². The molecule has 2 rings (SSSR count). The van der Waals surface area contributed by atoms with Gasteiger partial charge in [-0.1, -0.05) is 6.07 Å². The first-order valence-corrected chi connectivity index (χ1v) is 8.16. The molecule has 0 bridgehead atoms. The van der Waals surface area contributed by atoms with Crippen LogP contribution in [0.25, 0.3) is 0 Å². The van der Waals surface area contributed by atoms with Crippen molar-refractivity contribution in [2.75, 3.05) is 6.61 Å². The SMILES string of the molecule is Cc1cc(C(=O)OCC(=O)c2c(C)c(C)cc(C)c2C)ccc1[N+](=O)[O-]. The van der Waals surface area contributed by atoms with Gasteiger partial charge in [0.25, 0.3) is 5.69 Å². The van der Waals surface area contributed by atoms with E-state index in [9.17, 15) is 19.7 Å². The van der Waals surface area contributed by atoms with Crippen molar-refractivity contribution in [1.82, 2.24) is 0 Å². The fraction of sp³-hybridized carbons (Fsp3) is 0.300. The molecule has 0 aromatic heterocycles. The monoisotopic (exact) mass is 355 g/mol. The topological polar surface area (TPSA) is 86.5 Å². The molecule has 0 radical (unpaired) electrons. The minimum Gasteiger partial charge on any atom is -0.454 e. The van der Waals surface area contributed by atoms with E-state index in [-0.39, 0.29) is 23.6 Å². The molecule has 136 valence electrons. The lowest BCUT2D eigenvalue weighted by atomic mass is 9.92. The normalized spacial score (nSPS) is 10.5. The molecule has 2 aromatic rings. The second-order valence-corrected chi connectivity index (χ2v) is 6.39. The molecule has 6 heteroatoms. The number of ether oxygens (including phenoxy) is 1. The first-order valence-electron chi connectivity index (χ1n) is 8.16. The van der Waals surface area contributed by atoms with Crippen LogP contribution in [0, 0.1) is 44.7 Å². The number of rotatable bonds is 5. The van der Waals surface area contributed by atoms with Crippen LogP contribution in [0.1, 0.15) is 48.5 Å². The standard InChI is InChI=1S/C20H21NO5/c1-11-8-12(2)15(5)19(14(11)4)18(22)10-26-20(23)16-6-7-17(21(24)25)13(3)9-16/h6-9H,10H2,1-5H3. The Balaban J connectivity index is 2.17. The zero-order chi connectivity index (χ0) is 19.6. The Labute approximate surface area is 151 Å². The Morgan fingerprint density at radius 2 is 1.54 bits per heavy atom. The summed E-state index contributed by atoms with van der Waals surface area (Å²) < 4.78 is 5.13. The number of hydrogen-bond donors (Lipinski definition) is 0. The highest BCUT2D eigenvalue weighted by atomic mass is 16.6. The summed E-state index contributed by atoms with van der Waals surface area (Å²) in [5, 5.41) is 10.8. The molecule has 0 aliphatic heterocycles. The van der Waals surface area contributed by atoms with Crippen molar-refractivity contribution in [2.24, 2.45) is 0 Å². The first-order chi connectivity index (χ1) is 12.1. The van der Waals surface area contributed by atoms with E-state index in [4.69, 9.17) is 4.74 Å². The minimum atomic E-state index is -0.684. The number of carbonyl (C=O) groups excluding carboxylic acids is 2. The predicted octanol–water partition coefficient (Wildman–Crippen LogP) is 4.18. The summed E-state index contributed by atoms with van der Waals surface area (Å²) >= 11 is 0. The number of esters is 1. The number of benzene rings is 2. The summed E-state index contributed by atoms with van der Waals surface area (Å²) in [5.74, 6) is -0.949. The smallest absolute Gasteiger partial charge is 0.338 e. The van der Waals surface area contributed by atoms with Crippen LogP contribution in [0.4, 0.5) is 5.69 Å². The van der Waals surface area contributed by atoms with Gasteiger partial charge in [-0.2, -0.15) is 0 Å². The number of carbonyl (C=O) groups is 2. The van der Waals surface area contributed by atoms with Gasteiger partial charge in [-0.3, -0.25) is 14.9 Å². The maximum atomic E-state index is 12.6. The molecule has 2 aromatic carbocycles. The van der Waals surface area contributed by atoms with Crippen LogP contribution in [0.15, 0.2) is 24.3 Å². The van der Waals surface area contributed by atoms with Crippen LogP contribution in [0.3, 0.4) is 0 Å². The molecule has 0 atom stereocenters. The molecule has 0 N–H and O–H groups in total. The van der Waals surface area contributed by atoms with Gasteiger partial charge in [0.2, 0.25) is 5.78 Å². The van der Waals surface area contributed by atoms with E-state index in [0.29, 0.717) is 11.1 Å². The fourth-order valence-electron chi connectivity index (χ4n) is 2.91. The van der Waals surface area contributed by atoms with E-state index >= 15 is 0 Å². The molecule has 0 saturated carbocycles. The molecule has 6 nitrogen and oxygen atoms in total. The van der Waals surface area contributed by atoms with Crippen molar-refractivity contribution in [1.29, 1.82) is 0 Å². The molecule has 0 aliphatic rings. The number of nitro benzene ring substituents is 1. The van der Waals surface area contributed by atoms with E-state index in [2.05, 4.69) is 0 Å². The van der Waals surface area contributed by atoms with Gasteiger partial charge in [-0.15, -0.1) is 0 Å². The van der Waals surface area contributed by atoms with Gasteiger partial charge in [-0.25, -0.2) is 4.79 Å². The lowest BCUT2D eigenvalue weighted by Gasteiger charge is -2.14. The lowest BCUT2D eigenvalue weighted by molar-refractivity contribution is -0.385. The number of nitro groups is 1. The molecular weight excluding hydrogens is 334 g/mol. The summed E-state index contributed by atoms with van der Waals surface area (Å²) in [6.07, 6.45) is 0. The molecule has 0 saturated heterocycles. The average Bonchev–Trinajstić information content (AvgIpc) is 2.57. The molecule has 26 heavy (non-hydrogen) atoms. The summed E-state index contributed by atoms with van der Waals surface area (Å²) in [6, 6.07) is 5.99. The zero-order valence-electron chi connectivity index (χ0n) is 15.5. The van der Waals surface area contributed by atoms with Gasteiger partial charge in [0.05, 0.1) is 10.5 Å². The maximum Gasteiger partial charge on any atom is 0.338 e. The van der Waals surface area contributed by atoms with Crippen molar-refractivity contribution in [2.45, 2.75) is 34.6 Å². The van der Waals surface area contributed by atoms with Gasteiger partial charge in [-0.05, 0) is 69.0 Å². The Morgan fingerprint density at radius 1 is 0.962 bits per heavy atom. The van der Waals surface area contributed by atoms with Gasteiger partial charge < -0.3 is 4.74 Å². The third-order valence-electron chi connectivity index (χ3n) is 4.61. The van der Waals surface area contributed by atoms with E-state index in [1.807, 2.05) is 33.8 Å². The van der Waals surface area contributed by atoms with Crippen LogP contribution in [-0.4, -0.2) is 23.3 Å². The third kappa shape index (κ3) is 3.79. The van der Waals surface area contributed by atoms with Gasteiger partial charge in [0.15, 0.2) is 6.61 Å². The highest BCUT2D eigenvalue weighted by Crippen LogP contribution is 2.23. The van der Waals surface area contributed by atoms with E-state index in [0.717, 1.165) is 22.3 Å². The van der Waals surface area contributed by atoms with Crippen molar-refractivity contribution >= 4 is 17.4 Å². The Hall–Kier alpha value is -3.02. The quantitative estimate of drug-likeness (QED) is 0.348. The molecule has 0 unspecified atom stereocenters. The molecule has 0 heterocycles. The molecule has 0 amide bonds. The fourth-order valence-corrected chi connectivity index (χ4v) is 2.91. The van der Waals surface area contributed by atoms with Crippen molar-refractivity contribution < 1.29 is 19.2 Å². The summed E-state index contributed by atoms with van der Waals surface area (Å²) in [7, 11) is 0. The minimum absolute atomic E-state index is 0.0703. The van der Waals surface area contributed by atoms with E-state index in [1.54, 1.807) is 6.92 Å². The third-order valence-corrected chi connectivity index (χ3v) is 4.61. The number of ketones is 1. The summed E-state index contributed by atoms with van der Waals surface area (Å²) in [6.45, 7) is 8.78.